The molecule has 3 aliphatic rings. The number of carbonyl (C=O) groups is 2. The zero-order valence-corrected chi connectivity index (χ0v) is 27.1. The van der Waals surface area contributed by atoms with Gasteiger partial charge in [0.15, 0.2) is 0 Å². The van der Waals surface area contributed by atoms with Gasteiger partial charge in [0.05, 0.1) is 34.2 Å². The molecule has 3 aromatic rings. The Morgan fingerprint density at radius 2 is 1.89 bits per heavy atom. The number of hydrogen-bond donors (Lipinski definition) is 1. The first-order valence-electron chi connectivity index (χ1n) is 15.2. The molecule has 1 aromatic heterocycles. The van der Waals surface area contributed by atoms with Crippen molar-refractivity contribution in [1.29, 1.82) is 0 Å². The smallest absolute Gasteiger partial charge is 0.303 e. The van der Waals surface area contributed by atoms with Crippen molar-refractivity contribution in [2.45, 2.75) is 70.1 Å². The molecular formula is C32H35Cl2N3O7S. The van der Waals surface area contributed by atoms with Crippen molar-refractivity contribution in [3.05, 3.63) is 63.8 Å². The maximum Gasteiger partial charge on any atom is 0.303 e. The predicted molar refractivity (Wildman–Crippen MR) is 171 cm³/mol. The summed E-state index contributed by atoms with van der Waals surface area (Å²) in [6, 6.07) is 12.6. The number of nitrogens with zero attached hydrogens (tertiary/aromatic N) is 3. The number of carboxylic acids is 1. The van der Waals surface area contributed by atoms with E-state index in [0.717, 1.165) is 53.5 Å². The van der Waals surface area contributed by atoms with Gasteiger partial charge in [-0.15, -0.1) is 0 Å². The molecule has 2 saturated carbocycles. The molecule has 2 heterocycles. The standard InChI is InChI=1S/C32H35Cl2N3O7S/c1-19(13-29(39)40)11-12-45(41,42)37(18-38)23-9-7-22(8-10-23)36-16-21-14-24(36)15-28(21)43-17-25-31(35-44-32(25)20-5-6-20)30-26(33)3-2-4-27(30)34/h2-4,7-10,18-21,24,28H,5-6,11-17H2,1H3,(H,39,40)/t19?,21-,24-,28+/m0/s1. The third kappa shape index (κ3) is 6.72. The third-order valence-electron chi connectivity index (χ3n) is 9.11. The first-order chi connectivity index (χ1) is 21.6. The molecule has 2 bridgehead atoms. The van der Waals surface area contributed by atoms with Crippen LogP contribution in [0.5, 0.6) is 0 Å². The van der Waals surface area contributed by atoms with Gasteiger partial charge >= 0.3 is 5.97 Å². The minimum Gasteiger partial charge on any atom is -0.481 e. The number of carbonyl (C=O) groups excluding carboxylic acids is 1. The van der Waals surface area contributed by atoms with Crippen LogP contribution in [0, 0.1) is 11.8 Å². The number of ether oxygens (including phenoxy) is 1. The third-order valence-corrected chi connectivity index (χ3v) is 11.4. The molecule has 1 saturated heterocycles. The van der Waals surface area contributed by atoms with E-state index in [-0.39, 0.29) is 42.3 Å². The first kappa shape index (κ1) is 31.8. The SMILES string of the molecule is CC(CCS(=O)(=O)N(C=O)c1ccc(N2C[C@@H]3C[C@H]2C[C@H]3OCc2c(-c3c(Cl)cccc3Cl)noc2C2CC2)cc1)CC(=O)O. The number of benzene rings is 2. The van der Waals surface area contributed by atoms with Crippen LogP contribution in [0.1, 0.15) is 62.7 Å². The first-order valence-corrected chi connectivity index (χ1v) is 17.5. The van der Waals surface area contributed by atoms with Gasteiger partial charge in [-0.25, -0.2) is 12.7 Å². The Balaban J connectivity index is 1.09. The maximum atomic E-state index is 12.9. The average Bonchev–Trinajstić information content (AvgIpc) is 3.44. The number of fused-ring (bicyclic) bond motifs is 2. The van der Waals surface area contributed by atoms with Crippen molar-refractivity contribution < 1.29 is 32.4 Å². The van der Waals surface area contributed by atoms with Crippen LogP contribution in [-0.4, -0.2) is 55.5 Å². The Labute approximate surface area is 272 Å². The van der Waals surface area contributed by atoms with Gasteiger partial charge in [0.25, 0.3) is 0 Å². The Bertz CT molecular complexity index is 1660. The highest BCUT2D eigenvalue weighted by atomic mass is 35.5. The minimum absolute atomic E-state index is 0.0706. The fourth-order valence-electron chi connectivity index (χ4n) is 6.59. The summed E-state index contributed by atoms with van der Waals surface area (Å²) < 4.78 is 38.8. The van der Waals surface area contributed by atoms with Gasteiger partial charge in [-0.2, -0.15) is 0 Å². The van der Waals surface area contributed by atoms with E-state index in [2.05, 4.69) is 10.1 Å². The van der Waals surface area contributed by atoms with Crippen LogP contribution >= 0.6 is 23.2 Å². The number of sulfonamides is 1. The molecule has 3 fully saturated rings. The summed E-state index contributed by atoms with van der Waals surface area (Å²) in [5, 5.41) is 14.3. The molecule has 45 heavy (non-hydrogen) atoms. The van der Waals surface area contributed by atoms with E-state index in [0.29, 0.717) is 46.2 Å². The van der Waals surface area contributed by atoms with Gasteiger partial charge in [-0.1, -0.05) is 41.3 Å². The van der Waals surface area contributed by atoms with Crippen molar-refractivity contribution in [3.8, 4) is 11.3 Å². The number of halogens is 2. The number of hydrogen-bond acceptors (Lipinski definition) is 8. The number of rotatable bonds is 14. The van der Waals surface area contributed by atoms with Crippen molar-refractivity contribution >= 4 is 57.0 Å². The van der Waals surface area contributed by atoms with Crippen molar-refractivity contribution in [1.82, 2.24) is 5.16 Å². The molecule has 13 heteroatoms. The number of anilines is 2. The number of amides is 1. The number of aromatic nitrogens is 1. The topological polar surface area (TPSA) is 130 Å². The number of piperidine rings is 1. The Kier molecular flexibility index (Phi) is 9.16. The molecule has 0 radical (unpaired) electrons. The molecule has 2 aromatic carbocycles. The van der Waals surface area contributed by atoms with Crippen LogP contribution in [-0.2, 0) is 31.0 Å². The molecule has 1 amide bonds. The summed E-state index contributed by atoms with van der Waals surface area (Å²) in [5.41, 5.74) is 3.41. The number of aliphatic carboxylic acids is 1. The van der Waals surface area contributed by atoms with Crippen molar-refractivity contribution in [2.24, 2.45) is 11.8 Å². The fraction of sp³-hybridized carbons (Fsp3) is 0.469. The summed E-state index contributed by atoms with van der Waals surface area (Å²) in [6.07, 6.45) is 4.33. The molecule has 0 spiro atoms. The fourth-order valence-corrected chi connectivity index (χ4v) is 8.64. The summed E-state index contributed by atoms with van der Waals surface area (Å²) in [4.78, 5) is 25.0. The largest absolute Gasteiger partial charge is 0.481 e. The van der Waals surface area contributed by atoms with E-state index < -0.39 is 16.0 Å². The van der Waals surface area contributed by atoms with Gasteiger partial charge in [0, 0.05) is 47.7 Å². The lowest BCUT2D eigenvalue weighted by molar-refractivity contribution is -0.138. The van der Waals surface area contributed by atoms with Gasteiger partial charge in [-0.05, 0) is 74.4 Å². The Hall–Kier alpha value is -3.12. The second kappa shape index (κ2) is 12.9. The lowest BCUT2D eigenvalue weighted by Gasteiger charge is -2.33. The van der Waals surface area contributed by atoms with E-state index >= 15 is 0 Å². The molecule has 2 aliphatic carbocycles. The van der Waals surface area contributed by atoms with Crippen LogP contribution in [0.25, 0.3) is 11.3 Å². The second-order valence-corrected chi connectivity index (χ2v) is 15.1. The van der Waals surface area contributed by atoms with Gasteiger partial charge in [0.1, 0.15) is 11.5 Å². The molecule has 1 N–H and O–H groups in total. The molecule has 10 nitrogen and oxygen atoms in total. The van der Waals surface area contributed by atoms with Crippen LogP contribution < -0.4 is 9.21 Å². The lowest BCUT2D eigenvalue weighted by atomic mass is 10.0. The zero-order chi connectivity index (χ0) is 31.9. The highest BCUT2D eigenvalue weighted by Crippen LogP contribution is 2.47. The quantitative estimate of drug-likeness (QED) is 0.190. The normalized spacial score (nSPS) is 21.7. The summed E-state index contributed by atoms with van der Waals surface area (Å²) in [5.74, 6) is -0.107. The van der Waals surface area contributed by atoms with Crippen LogP contribution in [0.3, 0.4) is 0 Å². The van der Waals surface area contributed by atoms with E-state index in [4.69, 9.17) is 37.6 Å². The molecule has 6 rings (SSSR count). The molecule has 4 atom stereocenters. The van der Waals surface area contributed by atoms with Gasteiger partial charge in [-0.3, -0.25) is 9.59 Å². The van der Waals surface area contributed by atoms with Gasteiger partial charge in [0.2, 0.25) is 16.4 Å². The Morgan fingerprint density at radius 1 is 1.18 bits per heavy atom. The highest BCUT2D eigenvalue weighted by Gasteiger charge is 2.46. The summed E-state index contributed by atoms with van der Waals surface area (Å²) in [6.45, 7) is 2.84. The van der Waals surface area contributed by atoms with E-state index in [9.17, 15) is 18.0 Å². The molecule has 240 valence electrons. The summed E-state index contributed by atoms with van der Waals surface area (Å²) in [7, 11) is -3.94. The monoisotopic (exact) mass is 675 g/mol. The van der Waals surface area contributed by atoms with E-state index in [1.165, 1.54) is 0 Å². The minimum atomic E-state index is -3.94. The zero-order valence-electron chi connectivity index (χ0n) is 24.8. The molecular weight excluding hydrogens is 641 g/mol. The second-order valence-electron chi connectivity index (χ2n) is 12.4. The Morgan fingerprint density at radius 3 is 2.49 bits per heavy atom. The number of carboxylic acid groups (broad SMARTS) is 1. The van der Waals surface area contributed by atoms with Crippen LogP contribution in [0.2, 0.25) is 10.0 Å². The molecule has 1 unspecified atom stereocenters. The predicted octanol–water partition coefficient (Wildman–Crippen LogP) is 6.50. The van der Waals surface area contributed by atoms with Crippen molar-refractivity contribution in [3.63, 3.8) is 0 Å². The lowest BCUT2D eigenvalue weighted by Crippen LogP contribution is -2.38. The van der Waals surface area contributed by atoms with E-state index in [1.54, 1.807) is 37.3 Å². The van der Waals surface area contributed by atoms with E-state index in [1.807, 2.05) is 12.1 Å². The van der Waals surface area contributed by atoms with Crippen LogP contribution in [0.15, 0.2) is 47.0 Å². The highest BCUT2D eigenvalue weighted by molar-refractivity contribution is 7.93. The van der Waals surface area contributed by atoms with Crippen LogP contribution in [0.4, 0.5) is 11.4 Å². The average molecular weight is 677 g/mol. The van der Waals surface area contributed by atoms with Gasteiger partial charge < -0.3 is 19.3 Å². The molecule has 1 aliphatic heterocycles. The van der Waals surface area contributed by atoms with Crippen molar-refractivity contribution in [2.75, 3.05) is 21.5 Å². The summed E-state index contributed by atoms with van der Waals surface area (Å²) >= 11 is 13.0. The maximum absolute atomic E-state index is 12.9.